The fourth-order valence-electron chi connectivity index (χ4n) is 2.07. The Morgan fingerprint density at radius 3 is 2.53 bits per heavy atom. The highest BCUT2D eigenvalue weighted by Gasteiger charge is 2.46. The molecule has 0 spiro atoms. The maximum atomic E-state index is 12.0. The van der Waals surface area contributed by atoms with E-state index in [1.807, 2.05) is 19.1 Å². The third-order valence-corrected chi connectivity index (χ3v) is 3.69. The third-order valence-electron chi connectivity index (χ3n) is 3.69. The number of methoxy groups -OCH3 is 1. The van der Waals surface area contributed by atoms with E-state index in [1.165, 1.54) is 0 Å². The summed E-state index contributed by atoms with van der Waals surface area (Å²) in [5.41, 5.74) is 8.16. The van der Waals surface area contributed by atoms with Gasteiger partial charge in [-0.15, -0.1) is 0 Å². The van der Waals surface area contributed by atoms with E-state index in [0.29, 0.717) is 5.92 Å². The van der Waals surface area contributed by atoms with Crippen molar-refractivity contribution in [3.8, 4) is 5.75 Å². The van der Waals surface area contributed by atoms with Crippen LogP contribution in [-0.4, -0.2) is 18.6 Å². The minimum atomic E-state index is -0.648. The maximum absolute atomic E-state index is 12.0. The maximum Gasteiger partial charge on any atom is 0.244 e. The summed E-state index contributed by atoms with van der Waals surface area (Å²) < 4.78 is 5.39. The van der Waals surface area contributed by atoms with E-state index >= 15 is 0 Å². The topological polar surface area (TPSA) is 64.3 Å². The lowest BCUT2D eigenvalue weighted by atomic mass is 9.99. The van der Waals surface area contributed by atoms with Gasteiger partial charge in [-0.2, -0.15) is 0 Å². The number of benzene rings is 1. The Balaban J connectivity index is 2.30. The SMILES string of the molecule is COc1cc(C)c(NC(=O)C2(N)CC2)cc1C(C)C. The first-order valence-corrected chi connectivity index (χ1v) is 6.66. The molecule has 1 amide bonds. The van der Waals surface area contributed by atoms with Crippen molar-refractivity contribution >= 4 is 11.6 Å². The Kier molecular flexibility index (Phi) is 3.54. The first kappa shape index (κ1) is 13.9. The van der Waals surface area contributed by atoms with Crippen molar-refractivity contribution in [2.45, 2.75) is 45.1 Å². The Hall–Kier alpha value is -1.55. The van der Waals surface area contributed by atoms with Gasteiger partial charge in [0.1, 0.15) is 5.75 Å². The summed E-state index contributed by atoms with van der Waals surface area (Å²) in [4.78, 5) is 12.0. The molecule has 1 aliphatic rings. The van der Waals surface area contributed by atoms with E-state index in [9.17, 15) is 4.79 Å². The number of hydrogen-bond acceptors (Lipinski definition) is 3. The van der Waals surface area contributed by atoms with Gasteiger partial charge >= 0.3 is 0 Å². The molecule has 0 bridgehead atoms. The molecule has 1 saturated carbocycles. The monoisotopic (exact) mass is 262 g/mol. The highest BCUT2D eigenvalue weighted by atomic mass is 16.5. The Morgan fingerprint density at radius 2 is 2.05 bits per heavy atom. The highest BCUT2D eigenvalue weighted by Crippen LogP contribution is 2.36. The number of nitrogens with one attached hydrogen (secondary N) is 1. The molecule has 0 heterocycles. The van der Waals surface area contributed by atoms with Gasteiger partial charge in [0.05, 0.1) is 12.6 Å². The molecule has 1 fully saturated rings. The molecule has 0 aliphatic heterocycles. The van der Waals surface area contributed by atoms with Crippen LogP contribution in [0, 0.1) is 6.92 Å². The van der Waals surface area contributed by atoms with Crippen LogP contribution in [0.4, 0.5) is 5.69 Å². The summed E-state index contributed by atoms with van der Waals surface area (Å²) in [7, 11) is 1.66. The summed E-state index contributed by atoms with van der Waals surface area (Å²) in [5, 5.41) is 2.94. The van der Waals surface area contributed by atoms with E-state index < -0.39 is 5.54 Å². The van der Waals surface area contributed by atoms with Gasteiger partial charge in [-0.1, -0.05) is 13.8 Å². The van der Waals surface area contributed by atoms with E-state index in [1.54, 1.807) is 7.11 Å². The van der Waals surface area contributed by atoms with Gasteiger partial charge < -0.3 is 15.8 Å². The number of nitrogens with two attached hydrogens (primary N) is 1. The number of rotatable bonds is 4. The molecule has 1 aliphatic carbocycles. The largest absolute Gasteiger partial charge is 0.496 e. The van der Waals surface area contributed by atoms with Gasteiger partial charge in [0.15, 0.2) is 0 Å². The molecule has 0 atom stereocenters. The zero-order valence-corrected chi connectivity index (χ0v) is 12.0. The molecule has 2 rings (SSSR count). The Labute approximate surface area is 114 Å². The van der Waals surface area contributed by atoms with Crippen molar-refractivity contribution in [2.24, 2.45) is 5.73 Å². The first-order valence-electron chi connectivity index (χ1n) is 6.66. The minimum Gasteiger partial charge on any atom is -0.496 e. The average molecular weight is 262 g/mol. The van der Waals surface area contributed by atoms with Crippen LogP contribution in [0.5, 0.6) is 5.75 Å². The number of carbonyl (C=O) groups excluding carboxylic acids is 1. The molecule has 19 heavy (non-hydrogen) atoms. The molecule has 1 aromatic carbocycles. The van der Waals surface area contributed by atoms with Gasteiger partial charge in [-0.05, 0) is 48.9 Å². The lowest BCUT2D eigenvalue weighted by molar-refractivity contribution is -0.118. The minimum absolute atomic E-state index is 0.0875. The van der Waals surface area contributed by atoms with E-state index in [4.69, 9.17) is 10.5 Å². The summed E-state index contributed by atoms with van der Waals surface area (Å²) in [6.45, 7) is 6.16. The van der Waals surface area contributed by atoms with E-state index in [2.05, 4.69) is 19.2 Å². The zero-order chi connectivity index (χ0) is 14.2. The van der Waals surface area contributed by atoms with Crippen LogP contribution in [0.3, 0.4) is 0 Å². The number of ether oxygens (including phenoxy) is 1. The van der Waals surface area contributed by atoms with Crippen LogP contribution in [0.1, 0.15) is 43.7 Å². The van der Waals surface area contributed by atoms with E-state index in [0.717, 1.165) is 35.4 Å². The molecule has 1 aromatic rings. The molecule has 0 unspecified atom stereocenters. The van der Waals surface area contributed by atoms with Crippen molar-refractivity contribution in [3.63, 3.8) is 0 Å². The molecule has 104 valence electrons. The van der Waals surface area contributed by atoms with Crippen molar-refractivity contribution in [3.05, 3.63) is 23.3 Å². The normalized spacial score (nSPS) is 16.3. The Bertz CT molecular complexity index is 505. The molecular weight excluding hydrogens is 240 g/mol. The highest BCUT2D eigenvalue weighted by molar-refractivity contribution is 6.00. The predicted octanol–water partition coefficient (Wildman–Crippen LogP) is 2.56. The summed E-state index contributed by atoms with van der Waals surface area (Å²) in [5.74, 6) is 1.11. The van der Waals surface area contributed by atoms with Crippen LogP contribution in [0.25, 0.3) is 0 Å². The van der Waals surface area contributed by atoms with Gasteiger partial charge in [0, 0.05) is 5.69 Å². The number of amides is 1. The second-order valence-electron chi connectivity index (χ2n) is 5.67. The lowest BCUT2D eigenvalue weighted by Gasteiger charge is -2.18. The number of hydrogen-bond donors (Lipinski definition) is 2. The second kappa shape index (κ2) is 4.85. The third kappa shape index (κ3) is 2.73. The molecule has 3 N–H and O–H groups in total. The van der Waals surface area contributed by atoms with Crippen molar-refractivity contribution in [2.75, 3.05) is 12.4 Å². The number of carbonyl (C=O) groups is 1. The van der Waals surface area contributed by atoms with Crippen LogP contribution in [0.15, 0.2) is 12.1 Å². The van der Waals surface area contributed by atoms with Gasteiger partial charge in [0.2, 0.25) is 5.91 Å². The van der Waals surface area contributed by atoms with Crippen molar-refractivity contribution in [1.82, 2.24) is 0 Å². The van der Waals surface area contributed by atoms with Crippen LogP contribution in [-0.2, 0) is 4.79 Å². The standard InChI is InChI=1S/C15H22N2O2/c1-9(2)11-8-12(10(3)7-13(11)19-4)17-14(18)15(16)5-6-15/h7-9H,5-6,16H2,1-4H3,(H,17,18). The van der Waals surface area contributed by atoms with Gasteiger partial charge in [0.25, 0.3) is 0 Å². The second-order valence-corrected chi connectivity index (χ2v) is 5.67. The quantitative estimate of drug-likeness (QED) is 0.876. The predicted molar refractivity (Wildman–Crippen MR) is 76.6 cm³/mol. The smallest absolute Gasteiger partial charge is 0.244 e. The molecule has 0 saturated heterocycles. The van der Waals surface area contributed by atoms with Crippen LogP contribution < -0.4 is 15.8 Å². The van der Waals surface area contributed by atoms with E-state index in [-0.39, 0.29) is 5.91 Å². The molecule has 0 radical (unpaired) electrons. The molecule has 4 nitrogen and oxygen atoms in total. The fraction of sp³-hybridized carbons (Fsp3) is 0.533. The zero-order valence-electron chi connectivity index (χ0n) is 12.0. The molecule has 4 heteroatoms. The van der Waals surface area contributed by atoms with Crippen LogP contribution >= 0.6 is 0 Å². The van der Waals surface area contributed by atoms with Crippen molar-refractivity contribution in [1.29, 1.82) is 0 Å². The fourth-order valence-corrected chi connectivity index (χ4v) is 2.07. The molecule has 0 aromatic heterocycles. The van der Waals surface area contributed by atoms with Crippen molar-refractivity contribution < 1.29 is 9.53 Å². The number of aryl methyl sites for hydroxylation is 1. The summed E-state index contributed by atoms with van der Waals surface area (Å²) >= 11 is 0. The van der Waals surface area contributed by atoms with Crippen LogP contribution in [0.2, 0.25) is 0 Å². The molecular formula is C15H22N2O2. The average Bonchev–Trinajstić information content (AvgIpc) is 3.10. The van der Waals surface area contributed by atoms with Gasteiger partial charge in [-0.25, -0.2) is 0 Å². The first-order chi connectivity index (χ1) is 8.87. The summed E-state index contributed by atoms with van der Waals surface area (Å²) in [6.07, 6.45) is 1.54. The Morgan fingerprint density at radius 1 is 1.42 bits per heavy atom. The summed E-state index contributed by atoms with van der Waals surface area (Å²) in [6, 6.07) is 3.95. The lowest BCUT2D eigenvalue weighted by Crippen LogP contribution is -2.38. The van der Waals surface area contributed by atoms with Gasteiger partial charge in [-0.3, -0.25) is 4.79 Å². The number of anilines is 1.